The van der Waals surface area contributed by atoms with Crippen LogP contribution in [0.1, 0.15) is 38.8 Å². The summed E-state index contributed by atoms with van der Waals surface area (Å²) in [4.78, 5) is 2.36. The van der Waals surface area contributed by atoms with Crippen LogP contribution in [0.4, 0.5) is 0 Å². The van der Waals surface area contributed by atoms with Gasteiger partial charge < -0.3 is 9.64 Å². The van der Waals surface area contributed by atoms with E-state index in [1.165, 1.54) is 11.1 Å². The second kappa shape index (κ2) is 8.55. The van der Waals surface area contributed by atoms with Crippen LogP contribution >= 0.6 is 11.6 Å². The molecule has 0 radical (unpaired) electrons. The predicted octanol–water partition coefficient (Wildman–Crippen LogP) is 5.39. The number of hydrogen-bond donors (Lipinski definition) is 0. The number of benzene rings is 2. The quantitative estimate of drug-likeness (QED) is 0.636. The van der Waals surface area contributed by atoms with Crippen molar-refractivity contribution in [2.24, 2.45) is 0 Å². The van der Waals surface area contributed by atoms with Gasteiger partial charge in [0.1, 0.15) is 12.4 Å². The normalized spacial score (nSPS) is 11.8. The van der Waals surface area contributed by atoms with Crippen molar-refractivity contribution in [2.45, 2.75) is 33.1 Å². The van der Waals surface area contributed by atoms with Gasteiger partial charge in [0, 0.05) is 17.0 Å². The van der Waals surface area contributed by atoms with Gasteiger partial charge in [0.05, 0.1) is 0 Å². The average molecular weight is 346 g/mol. The Morgan fingerprint density at radius 1 is 0.875 bits per heavy atom. The first kappa shape index (κ1) is 18.8. The van der Waals surface area contributed by atoms with Crippen LogP contribution in [0.5, 0.6) is 5.75 Å². The maximum absolute atomic E-state index is 6.00. The zero-order valence-corrected chi connectivity index (χ0v) is 15.9. The molecule has 0 N–H and O–H groups in total. The summed E-state index contributed by atoms with van der Waals surface area (Å²) >= 11 is 6.00. The highest BCUT2D eigenvalue weighted by molar-refractivity contribution is 6.30. The Bertz CT molecular complexity index is 615. The summed E-state index contributed by atoms with van der Waals surface area (Å²) in [7, 11) is 0. The Labute approximate surface area is 151 Å². The molecule has 2 aromatic carbocycles. The van der Waals surface area contributed by atoms with Crippen LogP contribution in [0.15, 0.2) is 48.5 Å². The lowest BCUT2D eigenvalue weighted by Crippen LogP contribution is -2.27. The fourth-order valence-electron chi connectivity index (χ4n) is 2.83. The molecule has 0 unspecified atom stereocenters. The number of likely N-dealkylation sites (N-methyl/N-ethyl adjacent to an activating group) is 1. The minimum Gasteiger partial charge on any atom is -0.492 e. The van der Waals surface area contributed by atoms with Gasteiger partial charge in [-0.2, -0.15) is 0 Å². The summed E-state index contributed by atoms with van der Waals surface area (Å²) in [6, 6.07) is 16.5. The molecule has 0 saturated carbocycles. The standard InChI is InChI=1S/C21H28ClNO/c1-5-23(6-2)15-16-24-20-13-9-18(10-14-20)21(3,4)17-7-11-19(22)12-8-17/h7-14H,5-6,15-16H2,1-4H3. The molecule has 3 heteroatoms. The molecule has 0 amide bonds. The van der Waals surface area contributed by atoms with E-state index in [1.54, 1.807) is 0 Å². The van der Waals surface area contributed by atoms with Crippen molar-refractivity contribution >= 4 is 11.6 Å². The maximum atomic E-state index is 6.00. The van der Waals surface area contributed by atoms with E-state index in [4.69, 9.17) is 16.3 Å². The van der Waals surface area contributed by atoms with Crippen molar-refractivity contribution in [2.75, 3.05) is 26.2 Å². The highest BCUT2D eigenvalue weighted by atomic mass is 35.5. The fraction of sp³-hybridized carbons (Fsp3) is 0.429. The first-order valence-electron chi connectivity index (χ1n) is 8.69. The van der Waals surface area contributed by atoms with Crippen LogP contribution in [0.25, 0.3) is 0 Å². The summed E-state index contributed by atoms with van der Waals surface area (Å²) in [5, 5.41) is 0.770. The first-order chi connectivity index (χ1) is 11.5. The van der Waals surface area contributed by atoms with Crippen LogP contribution in [0.2, 0.25) is 5.02 Å². The Hall–Kier alpha value is -1.51. The highest BCUT2D eigenvalue weighted by Crippen LogP contribution is 2.32. The number of ether oxygens (including phenoxy) is 1. The molecule has 0 spiro atoms. The van der Waals surface area contributed by atoms with Gasteiger partial charge in [0.25, 0.3) is 0 Å². The lowest BCUT2D eigenvalue weighted by Gasteiger charge is -2.26. The number of halogens is 1. The van der Waals surface area contributed by atoms with E-state index < -0.39 is 0 Å². The third-order valence-electron chi connectivity index (χ3n) is 4.71. The molecule has 0 heterocycles. The maximum Gasteiger partial charge on any atom is 0.119 e. The van der Waals surface area contributed by atoms with E-state index in [0.717, 1.165) is 37.0 Å². The third-order valence-corrected chi connectivity index (χ3v) is 4.96. The lowest BCUT2D eigenvalue weighted by molar-refractivity contribution is 0.223. The molecule has 0 saturated heterocycles. The molecule has 2 rings (SSSR count). The van der Waals surface area contributed by atoms with Crippen LogP contribution in [0.3, 0.4) is 0 Å². The molecule has 2 nitrogen and oxygen atoms in total. The smallest absolute Gasteiger partial charge is 0.119 e. The minimum absolute atomic E-state index is 0.0651. The van der Waals surface area contributed by atoms with Crippen LogP contribution < -0.4 is 4.74 Å². The van der Waals surface area contributed by atoms with Gasteiger partial charge in [-0.15, -0.1) is 0 Å². The first-order valence-corrected chi connectivity index (χ1v) is 9.07. The summed E-state index contributed by atoms with van der Waals surface area (Å²) in [6.07, 6.45) is 0. The van der Waals surface area contributed by atoms with Crippen LogP contribution in [0, 0.1) is 0 Å². The van der Waals surface area contributed by atoms with Crippen molar-refractivity contribution in [1.82, 2.24) is 4.90 Å². The van der Waals surface area contributed by atoms with Gasteiger partial charge in [0.2, 0.25) is 0 Å². The molecule has 24 heavy (non-hydrogen) atoms. The van der Waals surface area contributed by atoms with Crippen molar-refractivity contribution in [3.05, 3.63) is 64.7 Å². The molecular weight excluding hydrogens is 318 g/mol. The van der Waals surface area contributed by atoms with Gasteiger partial charge in [0.15, 0.2) is 0 Å². The van der Waals surface area contributed by atoms with E-state index in [-0.39, 0.29) is 5.41 Å². The molecule has 0 atom stereocenters. The second-order valence-corrected chi connectivity index (χ2v) is 6.97. The van der Waals surface area contributed by atoms with E-state index in [1.807, 2.05) is 12.1 Å². The molecule has 0 bridgehead atoms. The lowest BCUT2D eigenvalue weighted by atomic mass is 9.78. The summed E-state index contributed by atoms with van der Waals surface area (Å²) in [5.74, 6) is 0.929. The molecule has 2 aromatic rings. The van der Waals surface area contributed by atoms with Crippen LogP contribution in [-0.4, -0.2) is 31.1 Å². The molecule has 130 valence electrons. The van der Waals surface area contributed by atoms with Gasteiger partial charge in [-0.05, 0) is 48.5 Å². The number of rotatable bonds is 8. The Morgan fingerprint density at radius 3 is 1.88 bits per heavy atom. The van der Waals surface area contributed by atoms with E-state index in [2.05, 4.69) is 69.0 Å². The second-order valence-electron chi connectivity index (χ2n) is 6.53. The highest BCUT2D eigenvalue weighted by Gasteiger charge is 2.22. The molecule has 0 aliphatic heterocycles. The summed E-state index contributed by atoms with van der Waals surface area (Å²) in [6.45, 7) is 12.6. The molecule has 0 aliphatic rings. The van der Waals surface area contributed by atoms with Gasteiger partial charge in [-0.3, -0.25) is 0 Å². The van der Waals surface area contributed by atoms with Crippen molar-refractivity contribution < 1.29 is 4.74 Å². The van der Waals surface area contributed by atoms with Crippen molar-refractivity contribution in [3.8, 4) is 5.75 Å². The van der Waals surface area contributed by atoms with E-state index in [0.29, 0.717) is 0 Å². The van der Waals surface area contributed by atoms with E-state index in [9.17, 15) is 0 Å². The molecular formula is C21H28ClNO. The van der Waals surface area contributed by atoms with Crippen LogP contribution in [-0.2, 0) is 5.41 Å². The van der Waals surface area contributed by atoms with Gasteiger partial charge in [-0.25, -0.2) is 0 Å². The topological polar surface area (TPSA) is 12.5 Å². The average Bonchev–Trinajstić information content (AvgIpc) is 2.59. The number of hydrogen-bond acceptors (Lipinski definition) is 2. The molecule has 0 aromatic heterocycles. The minimum atomic E-state index is -0.0651. The predicted molar refractivity (Wildman–Crippen MR) is 103 cm³/mol. The number of nitrogens with zero attached hydrogens (tertiary/aromatic N) is 1. The van der Waals surface area contributed by atoms with E-state index >= 15 is 0 Å². The SMILES string of the molecule is CCN(CC)CCOc1ccc(C(C)(C)c2ccc(Cl)cc2)cc1. The third kappa shape index (κ3) is 4.75. The largest absolute Gasteiger partial charge is 0.492 e. The molecule has 0 fully saturated rings. The zero-order chi connectivity index (χ0) is 17.6. The van der Waals surface area contributed by atoms with Gasteiger partial charge in [-0.1, -0.05) is 63.6 Å². The summed E-state index contributed by atoms with van der Waals surface area (Å²) < 4.78 is 5.87. The molecule has 0 aliphatic carbocycles. The Balaban J connectivity index is 2.01. The van der Waals surface area contributed by atoms with Crippen molar-refractivity contribution in [3.63, 3.8) is 0 Å². The zero-order valence-electron chi connectivity index (χ0n) is 15.2. The summed E-state index contributed by atoms with van der Waals surface area (Å²) in [5.41, 5.74) is 2.45. The Kier molecular flexibility index (Phi) is 6.70. The monoisotopic (exact) mass is 345 g/mol. The van der Waals surface area contributed by atoms with Gasteiger partial charge >= 0.3 is 0 Å². The Morgan fingerprint density at radius 2 is 1.38 bits per heavy atom. The fourth-order valence-corrected chi connectivity index (χ4v) is 2.96. The van der Waals surface area contributed by atoms with Crippen molar-refractivity contribution in [1.29, 1.82) is 0 Å².